The summed E-state index contributed by atoms with van der Waals surface area (Å²) >= 11 is 6.01. The molecule has 0 aliphatic carbocycles. The first-order valence-electron chi connectivity index (χ1n) is 9.64. The van der Waals surface area contributed by atoms with E-state index in [1.807, 2.05) is 24.4 Å². The van der Waals surface area contributed by atoms with Crippen LogP contribution in [0.5, 0.6) is 0 Å². The largest absolute Gasteiger partial charge is 0.357 e. The van der Waals surface area contributed by atoms with Crippen LogP contribution in [0.3, 0.4) is 0 Å². The number of carbonyl (C=O) groups excluding carboxylic acids is 2. The van der Waals surface area contributed by atoms with Crippen molar-refractivity contribution in [1.82, 2.24) is 10.3 Å². The Kier molecular flexibility index (Phi) is 5.48. The number of aromatic nitrogens is 1. The van der Waals surface area contributed by atoms with Crippen LogP contribution < -0.4 is 15.1 Å². The predicted octanol–water partition coefficient (Wildman–Crippen LogP) is 3.00. The van der Waals surface area contributed by atoms with Crippen molar-refractivity contribution >= 4 is 34.9 Å². The van der Waals surface area contributed by atoms with E-state index < -0.39 is 0 Å². The average molecular weight is 399 g/mol. The molecule has 2 aliphatic rings. The zero-order valence-corrected chi connectivity index (χ0v) is 16.4. The first kappa shape index (κ1) is 18.7. The van der Waals surface area contributed by atoms with Gasteiger partial charge in [-0.1, -0.05) is 23.7 Å². The van der Waals surface area contributed by atoms with E-state index in [1.165, 1.54) is 12.8 Å². The molecule has 28 heavy (non-hydrogen) atoms. The summed E-state index contributed by atoms with van der Waals surface area (Å²) in [4.78, 5) is 33.3. The Morgan fingerprint density at radius 3 is 2.75 bits per heavy atom. The monoisotopic (exact) mass is 398 g/mol. The molecule has 2 aliphatic heterocycles. The number of nitrogens with one attached hydrogen (secondary N) is 1. The lowest BCUT2D eigenvalue weighted by molar-refractivity contribution is -0.126. The van der Waals surface area contributed by atoms with E-state index in [2.05, 4.69) is 15.2 Å². The second kappa shape index (κ2) is 8.19. The van der Waals surface area contributed by atoms with E-state index >= 15 is 0 Å². The molecule has 146 valence electrons. The molecule has 2 amide bonds. The number of rotatable bonds is 5. The number of benzene rings is 1. The van der Waals surface area contributed by atoms with E-state index in [0.717, 1.165) is 30.2 Å². The quantitative estimate of drug-likeness (QED) is 0.840. The molecule has 2 saturated heterocycles. The highest BCUT2D eigenvalue weighted by atomic mass is 35.5. The lowest BCUT2D eigenvalue weighted by Gasteiger charge is -2.17. The molecular weight excluding hydrogens is 376 g/mol. The normalized spacial score (nSPS) is 19.3. The van der Waals surface area contributed by atoms with Crippen molar-refractivity contribution < 1.29 is 9.59 Å². The zero-order valence-electron chi connectivity index (χ0n) is 15.6. The lowest BCUT2D eigenvalue weighted by Crippen LogP contribution is -2.32. The van der Waals surface area contributed by atoms with Crippen molar-refractivity contribution in [1.29, 1.82) is 0 Å². The number of amides is 2. The zero-order chi connectivity index (χ0) is 19.5. The molecule has 0 saturated carbocycles. The van der Waals surface area contributed by atoms with Crippen molar-refractivity contribution in [2.24, 2.45) is 5.92 Å². The Bertz CT molecular complexity index is 865. The van der Waals surface area contributed by atoms with Crippen LogP contribution in [0, 0.1) is 5.92 Å². The Labute approximate surface area is 169 Å². The summed E-state index contributed by atoms with van der Waals surface area (Å²) in [5.74, 6) is 0.468. The standard InChI is InChI=1S/C21H23ClN4O2/c22-17-4-3-5-18(11-17)26-14-16(10-20(26)27)21(28)24-13-15-6-7-19(23-12-15)25-8-1-2-9-25/h3-7,11-12,16H,1-2,8-10,13-14H2,(H,24,28)/t16-/m1/s1. The van der Waals surface area contributed by atoms with Crippen LogP contribution in [0.2, 0.25) is 5.02 Å². The molecule has 1 aromatic heterocycles. The molecule has 0 unspecified atom stereocenters. The number of nitrogens with zero attached hydrogens (tertiary/aromatic N) is 3. The van der Waals surface area contributed by atoms with Crippen LogP contribution in [-0.2, 0) is 16.1 Å². The highest BCUT2D eigenvalue weighted by molar-refractivity contribution is 6.31. The smallest absolute Gasteiger partial charge is 0.227 e. The highest BCUT2D eigenvalue weighted by Crippen LogP contribution is 2.27. The molecule has 4 rings (SSSR count). The van der Waals surface area contributed by atoms with Gasteiger partial charge >= 0.3 is 0 Å². The van der Waals surface area contributed by atoms with Gasteiger partial charge in [0.1, 0.15) is 5.82 Å². The average Bonchev–Trinajstić information content (AvgIpc) is 3.36. The molecule has 2 fully saturated rings. The number of hydrogen-bond donors (Lipinski definition) is 1. The van der Waals surface area contributed by atoms with Crippen molar-refractivity contribution in [2.75, 3.05) is 29.4 Å². The molecule has 7 heteroatoms. The van der Waals surface area contributed by atoms with Gasteiger partial charge in [0.05, 0.1) is 5.92 Å². The molecule has 1 atom stereocenters. The first-order chi connectivity index (χ1) is 13.6. The minimum absolute atomic E-state index is 0.0564. The lowest BCUT2D eigenvalue weighted by atomic mass is 10.1. The Balaban J connectivity index is 1.32. The summed E-state index contributed by atoms with van der Waals surface area (Å²) in [6.45, 7) is 2.90. The third-order valence-corrected chi connectivity index (χ3v) is 5.56. The Morgan fingerprint density at radius 1 is 1.21 bits per heavy atom. The van der Waals surface area contributed by atoms with Gasteiger partial charge in [-0.05, 0) is 42.7 Å². The van der Waals surface area contributed by atoms with Gasteiger partial charge in [-0.2, -0.15) is 0 Å². The van der Waals surface area contributed by atoms with Gasteiger partial charge in [0.15, 0.2) is 0 Å². The van der Waals surface area contributed by atoms with Crippen molar-refractivity contribution in [3.05, 3.63) is 53.2 Å². The fourth-order valence-corrected chi connectivity index (χ4v) is 3.95. The van der Waals surface area contributed by atoms with Crippen LogP contribution in [0.15, 0.2) is 42.6 Å². The van der Waals surface area contributed by atoms with Crippen molar-refractivity contribution in [2.45, 2.75) is 25.8 Å². The van der Waals surface area contributed by atoms with Crippen LogP contribution >= 0.6 is 11.6 Å². The second-order valence-electron chi connectivity index (χ2n) is 7.32. The highest BCUT2D eigenvalue weighted by Gasteiger charge is 2.35. The SMILES string of the molecule is O=C(NCc1ccc(N2CCCC2)nc1)[C@@H]1CC(=O)N(c2cccc(Cl)c2)C1. The van der Waals surface area contributed by atoms with E-state index in [1.54, 1.807) is 23.1 Å². The Morgan fingerprint density at radius 2 is 2.04 bits per heavy atom. The molecule has 0 spiro atoms. The summed E-state index contributed by atoms with van der Waals surface area (Å²) < 4.78 is 0. The number of hydrogen-bond acceptors (Lipinski definition) is 4. The van der Waals surface area contributed by atoms with Crippen LogP contribution in [0.1, 0.15) is 24.8 Å². The van der Waals surface area contributed by atoms with Gasteiger partial charge in [-0.3, -0.25) is 9.59 Å². The van der Waals surface area contributed by atoms with E-state index in [9.17, 15) is 9.59 Å². The summed E-state index contributed by atoms with van der Waals surface area (Å²) in [5, 5.41) is 3.51. The second-order valence-corrected chi connectivity index (χ2v) is 7.76. The number of halogens is 1. The molecule has 1 aromatic carbocycles. The molecule has 6 nitrogen and oxygen atoms in total. The van der Waals surface area contributed by atoms with Gasteiger partial charge in [-0.15, -0.1) is 0 Å². The van der Waals surface area contributed by atoms with Crippen molar-refractivity contribution in [3.8, 4) is 0 Å². The summed E-state index contributed by atoms with van der Waals surface area (Å²) in [7, 11) is 0. The minimum atomic E-state index is -0.358. The van der Waals surface area contributed by atoms with Gasteiger partial charge in [0.25, 0.3) is 0 Å². The maximum Gasteiger partial charge on any atom is 0.227 e. The third-order valence-electron chi connectivity index (χ3n) is 5.32. The summed E-state index contributed by atoms with van der Waals surface area (Å²) in [6.07, 6.45) is 4.45. The van der Waals surface area contributed by atoms with E-state index in [0.29, 0.717) is 18.1 Å². The van der Waals surface area contributed by atoms with E-state index in [4.69, 9.17) is 11.6 Å². The minimum Gasteiger partial charge on any atom is -0.357 e. The van der Waals surface area contributed by atoms with E-state index in [-0.39, 0.29) is 24.2 Å². The molecular formula is C21H23ClN4O2. The van der Waals surface area contributed by atoms with Gasteiger partial charge in [0, 0.05) is 49.5 Å². The summed E-state index contributed by atoms with van der Waals surface area (Å²) in [5.41, 5.74) is 1.68. The summed E-state index contributed by atoms with van der Waals surface area (Å²) in [6, 6.07) is 11.1. The molecule has 0 radical (unpaired) electrons. The molecule has 3 heterocycles. The van der Waals surface area contributed by atoms with Gasteiger partial charge in [-0.25, -0.2) is 4.98 Å². The maximum atomic E-state index is 12.5. The number of anilines is 2. The number of carbonyl (C=O) groups is 2. The third kappa shape index (κ3) is 4.12. The fraction of sp³-hybridized carbons (Fsp3) is 0.381. The fourth-order valence-electron chi connectivity index (χ4n) is 3.76. The number of pyridine rings is 1. The van der Waals surface area contributed by atoms with Gasteiger partial charge in [0.2, 0.25) is 11.8 Å². The first-order valence-corrected chi connectivity index (χ1v) is 10.0. The van der Waals surface area contributed by atoms with Gasteiger partial charge < -0.3 is 15.1 Å². The van der Waals surface area contributed by atoms with Crippen LogP contribution in [0.25, 0.3) is 0 Å². The topological polar surface area (TPSA) is 65.5 Å². The maximum absolute atomic E-state index is 12.5. The van der Waals surface area contributed by atoms with Crippen LogP contribution in [-0.4, -0.2) is 36.4 Å². The molecule has 2 aromatic rings. The Hall–Kier alpha value is -2.60. The molecule has 0 bridgehead atoms. The predicted molar refractivity (Wildman–Crippen MR) is 109 cm³/mol. The molecule has 1 N–H and O–H groups in total. The van der Waals surface area contributed by atoms with Crippen molar-refractivity contribution in [3.63, 3.8) is 0 Å². The van der Waals surface area contributed by atoms with Crippen LogP contribution in [0.4, 0.5) is 11.5 Å².